The number of ether oxygens (including phenoxy) is 3. The van der Waals surface area contributed by atoms with Crippen LogP contribution < -0.4 is 14.4 Å². The van der Waals surface area contributed by atoms with E-state index in [1.807, 2.05) is 25.1 Å². The molecule has 7 atom stereocenters. The number of sulfonamides is 1. The minimum Gasteiger partial charge on any atom is -0.490 e. The number of halogens is 1. The summed E-state index contributed by atoms with van der Waals surface area (Å²) >= 11 is 6.50. The third-order valence-corrected chi connectivity index (χ3v) is 15.7. The van der Waals surface area contributed by atoms with Gasteiger partial charge in [0, 0.05) is 74.3 Å². The highest BCUT2D eigenvalue weighted by molar-refractivity contribution is 7.90. The number of benzene rings is 2. The van der Waals surface area contributed by atoms with Gasteiger partial charge in [-0.1, -0.05) is 42.5 Å². The topological polar surface area (TPSA) is 101 Å². The largest absolute Gasteiger partial charge is 0.490 e. The first kappa shape index (κ1) is 38.7. The summed E-state index contributed by atoms with van der Waals surface area (Å²) in [5.74, 6) is 7.39. The molecule has 1 saturated carbocycles. The first-order valence-corrected chi connectivity index (χ1v) is 22.1. The normalized spacial score (nSPS) is 34.3. The van der Waals surface area contributed by atoms with E-state index in [1.54, 1.807) is 20.1 Å². The number of rotatable bonds is 2. The lowest BCUT2D eigenvalue weighted by Gasteiger charge is -2.49. The predicted octanol–water partition coefficient (Wildman–Crippen LogP) is 5.29. The van der Waals surface area contributed by atoms with Crippen LogP contribution in [0.25, 0.3) is 0 Å². The van der Waals surface area contributed by atoms with Crippen LogP contribution in [0, 0.1) is 29.6 Å². The molecule has 2 bridgehead atoms. The highest BCUT2D eigenvalue weighted by Gasteiger charge is 2.49. The number of carbonyl (C=O) groups is 1. The highest BCUT2D eigenvalue weighted by Crippen LogP contribution is 2.49. The summed E-state index contributed by atoms with van der Waals surface area (Å²) in [4.78, 5) is 21.0. The Bertz CT molecular complexity index is 1980. The van der Waals surface area contributed by atoms with Crippen molar-refractivity contribution in [3.63, 3.8) is 0 Å². The Morgan fingerprint density at radius 3 is 2.78 bits per heavy atom. The maximum Gasteiger partial charge on any atom is 0.264 e. The van der Waals surface area contributed by atoms with Crippen molar-refractivity contribution in [3.8, 4) is 17.6 Å². The van der Waals surface area contributed by atoms with Gasteiger partial charge in [-0.15, -0.1) is 0 Å². The van der Waals surface area contributed by atoms with Crippen molar-refractivity contribution in [2.75, 3.05) is 77.6 Å². The number of methoxy groups -OCH3 is 1. The van der Waals surface area contributed by atoms with Crippen LogP contribution in [-0.4, -0.2) is 114 Å². The van der Waals surface area contributed by atoms with Crippen LogP contribution in [0.5, 0.6) is 5.75 Å². The lowest BCUT2D eigenvalue weighted by molar-refractivity contribution is -0.0425. The van der Waals surface area contributed by atoms with Crippen molar-refractivity contribution in [3.05, 3.63) is 70.3 Å². The summed E-state index contributed by atoms with van der Waals surface area (Å²) < 4.78 is 48.6. The van der Waals surface area contributed by atoms with Crippen LogP contribution in [0.2, 0.25) is 5.02 Å². The monoisotopic (exact) mass is 790 g/mol. The number of fused-ring (bicyclic) bond motifs is 5. The van der Waals surface area contributed by atoms with E-state index >= 15 is 0 Å². The Morgan fingerprint density at radius 1 is 1.09 bits per heavy atom. The van der Waals surface area contributed by atoms with E-state index in [9.17, 15) is 13.2 Å². The van der Waals surface area contributed by atoms with Gasteiger partial charge in [-0.2, -0.15) is 0 Å². The number of nitrogens with one attached hydrogen (secondary N) is 1. The number of morpholine rings is 1. The van der Waals surface area contributed by atoms with Gasteiger partial charge in [-0.05, 0) is 105 Å². The summed E-state index contributed by atoms with van der Waals surface area (Å²) in [6.45, 7) is 11.6. The first-order chi connectivity index (χ1) is 26.5. The molecule has 10 nitrogen and oxygen atoms in total. The maximum absolute atomic E-state index is 13.7. The Hall–Kier alpha value is -3.11. The fraction of sp³-hybridized carbons (Fsp3) is 0.605. The van der Waals surface area contributed by atoms with Gasteiger partial charge in [-0.3, -0.25) is 14.6 Å². The molecule has 1 unspecified atom stereocenters. The molecule has 2 aromatic carbocycles. The minimum atomic E-state index is -3.98. The molecule has 1 spiro atoms. The summed E-state index contributed by atoms with van der Waals surface area (Å²) in [5, 5.41) is -0.0723. The molecular formula is C43H55ClN4O6S. The van der Waals surface area contributed by atoms with Gasteiger partial charge < -0.3 is 19.1 Å². The number of amides is 1. The zero-order valence-corrected chi connectivity index (χ0v) is 34.0. The van der Waals surface area contributed by atoms with Crippen LogP contribution in [0.15, 0.2) is 48.6 Å². The molecule has 296 valence electrons. The Morgan fingerprint density at radius 2 is 1.96 bits per heavy atom. The molecular weight excluding hydrogens is 736 g/mol. The van der Waals surface area contributed by atoms with Gasteiger partial charge in [0.2, 0.25) is 10.0 Å². The fourth-order valence-corrected chi connectivity index (χ4v) is 11.4. The second-order valence-corrected chi connectivity index (χ2v) is 19.3. The van der Waals surface area contributed by atoms with E-state index in [1.165, 1.54) is 11.1 Å². The van der Waals surface area contributed by atoms with Gasteiger partial charge in [-0.25, -0.2) is 13.1 Å². The lowest BCUT2D eigenvalue weighted by atomic mass is 9.64. The van der Waals surface area contributed by atoms with E-state index in [2.05, 4.69) is 55.5 Å². The second-order valence-electron chi connectivity index (χ2n) is 16.8. The van der Waals surface area contributed by atoms with Gasteiger partial charge in [0.15, 0.2) is 0 Å². The van der Waals surface area contributed by atoms with Gasteiger partial charge in [0.25, 0.3) is 5.91 Å². The van der Waals surface area contributed by atoms with Crippen LogP contribution in [0.3, 0.4) is 0 Å². The summed E-state index contributed by atoms with van der Waals surface area (Å²) in [6.07, 6.45) is 9.58. The van der Waals surface area contributed by atoms with E-state index in [0.29, 0.717) is 44.5 Å². The highest BCUT2D eigenvalue weighted by atomic mass is 35.5. The quantitative estimate of drug-likeness (QED) is 0.322. The molecule has 55 heavy (non-hydrogen) atoms. The number of hydrogen-bond donors (Lipinski definition) is 1. The van der Waals surface area contributed by atoms with Crippen LogP contribution >= 0.6 is 11.6 Å². The molecule has 2 aromatic rings. The number of piperazine rings is 1. The van der Waals surface area contributed by atoms with Crippen LogP contribution in [-0.2, 0) is 31.3 Å². The molecule has 0 aromatic heterocycles. The average Bonchev–Trinajstić information content (AvgIpc) is 3.31. The summed E-state index contributed by atoms with van der Waals surface area (Å²) in [7, 11) is -2.22. The third kappa shape index (κ3) is 7.68. The van der Waals surface area contributed by atoms with E-state index in [4.69, 9.17) is 25.8 Å². The lowest BCUT2D eigenvalue weighted by Crippen LogP contribution is -2.58. The van der Waals surface area contributed by atoms with Gasteiger partial charge >= 0.3 is 0 Å². The first-order valence-electron chi connectivity index (χ1n) is 20.1. The molecule has 0 radical (unpaired) electrons. The Balaban J connectivity index is 1.16. The van der Waals surface area contributed by atoms with E-state index in [-0.39, 0.29) is 28.7 Å². The molecule has 4 heterocycles. The zero-order valence-electron chi connectivity index (χ0n) is 32.4. The molecule has 2 saturated heterocycles. The Kier molecular flexibility index (Phi) is 11.0. The fourth-order valence-electron chi connectivity index (χ4n) is 9.90. The van der Waals surface area contributed by atoms with Crippen molar-refractivity contribution in [2.45, 2.75) is 74.7 Å². The van der Waals surface area contributed by atoms with Crippen molar-refractivity contribution >= 4 is 33.2 Å². The van der Waals surface area contributed by atoms with Gasteiger partial charge in [0.1, 0.15) is 11.4 Å². The molecule has 2 aliphatic carbocycles. The summed E-state index contributed by atoms with van der Waals surface area (Å²) in [5.41, 5.74) is 2.48. The van der Waals surface area contributed by atoms with Gasteiger partial charge in [0.05, 0.1) is 37.3 Å². The number of allylic oxidation sites excluding steroid dienone is 1. The molecule has 6 aliphatic rings. The summed E-state index contributed by atoms with van der Waals surface area (Å²) in [6, 6.07) is 12.0. The Labute approximate surface area is 331 Å². The number of nitrogens with zero attached hydrogens (tertiary/aromatic N) is 3. The zero-order chi connectivity index (χ0) is 38.4. The molecule has 1 amide bonds. The predicted molar refractivity (Wildman–Crippen MR) is 215 cm³/mol. The molecule has 1 N–H and O–H groups in total. The van der Waals surface area contributed by atoms with Crippen LogP contribution in [0.1, 0.15) is 67.4 Å². The van der Waals surface area contributed by atoms with E-state index in [0.717, 1.165) is 82.2 Å². The molecule has 4 aliphatic heterocycles. The SMILES string of the molecule is CO[C@@]1(C#CCN2CCN3CCOC[C@@H]3C2)/C=C/C[C@H](C)[C@@H](C)S(=O)(=O)NC(=O)c2ccc3c(c2)N(C[C@@H]2CC[C@H]21)CC1(CCCc2cc(Cl)ccc21)CO3. The van der Waals surface area contributed by atoms with Crippen molar-refractivity contribution < 1.29 is 27.4 Å². The standard InChI is InChI=1S/C43H55ClN4O6S/c1-30-7-4-16-43(52-3,17-6-18-46-19-20-47-21-22-53-27-36(47)26-46)38-12-9-34(38)25-48-28-42(15-5-8-32-23-35(44)11-13-37(32)42)29-54-40-14-10-33(24-39(40)48)41(49)45-55(50,51)31(30)2/h4,10-11,13-14,16,23-24,30-31,34,36,38H,5,7-9,12,15,18-22,25-29H2,1-3H3,(H,45,49)/b16-4+/t30-,31+,34-,36-,38+,42?,43+/m0/s1. The number of hydrogen-bond acceptors (Lipinski definition) is 9. The van der Waals surface area contributed by atoms with Crippen LogP contribution in [0.4, 0.5) is 5.69 Å². The number of carbonyl (C=O) groups excluding carboxylic acids is 1. The minimum absolute atomic E-state index is 0.113. The molecule has 8 rings (SSSR count). The molecule has 12 heteroatoms. The van der Waals surface area contributed by atoms with E-state index < -0.39 is 26.8 Å². The smallest absolute Gasteiger partial charge is 0.264 e. The average molecular weight is 791 g/mol. The number of aryl methyl sites for hydroxylation is 1. The van der Waals surface area contributed by atoms with Crippen molar-refractivity contribution in [1.82, 2.24) is 14.5 Å². The molecule has 3 fully saturated rings. The third-order valence-electron chi connectivity index (χ3n) is 13.6. The second kappa shape index (κ2) is 15.7. The number of anilines is 1. The van der Waals surface area contributed by atoms with Crippen molar-refractivity contribution in [2.24, 2.45) is 17.8 Å². The maximum atomic E-state index is 13.7. The van der Waals surface area contributed by atoms with Crippen molar-refractivity contribution in [1.29, 1.82) is 0 Å².